The van der Waals surface area contributed by atoms with Crippen LogP contribution in [-0.2, 0) is 0 Å². The Labute approximate surface area is 73.6 Å². The third-order valence-electron chi connectivity index (χ3n) is 1.33. The molecule has 0 spiro atoms. The molecule has 1 rings (SSSR count). The number of hydrogen-bond acceptors (Lipinski definition) is 0. The Bertz CT molecular complexity index is 169. The summed E-state index contributed by atoms with van der Waals surface area (Å²) in [4.78, 5) is 0. The van der Waals surface area contributed by atoms with E-state index in [1.807, 2.05) is 72.9 Å². The van der Waals surface area contributed by atoms with Gasteiger partial charge >= 0.3 is 0 Å². The van der Waals surface area contributed by atoms with Crippen LogP contribution < -0.4 is 0 Å². The van der Waals surface area contributed by atoms with Gasteiger partial charge in [-0.1, -0.05) is 72.9 Å². The van der Waals surface area contributed by atoms with E-state index in [9.17, 15) is 0 Å². The summed E-state index contributed by atoms with van der Waals surface area (Å²) in [6.07, 6.45) is 24.0. The fraction of sp³-hybridized carbons (Fsp3) is 0. The van der Waals surface area contributed by atoms with Crippen molar-refractivity contribution in [3.05, 3.63) is 72.9 Å². The molecular formula is C12H12. The lowest BCUT2D eigenvalue weighted by Crippen LogP contribution is -1.55. The van der Waals surface area contributed by atoms with Gasteiger partial charge in [0.05, 0.1) is 0 Å². The molecule has 0 heterocycles. The monoisotopic (exact) mass is 156 g/mol. The molecule has 0 nitrogen and oxygen atoms in total. The minimum absolute atomic E-state index is 2.00. The van der Waals surface area contributed by atoms with Crippen molar-refractivity contribution in [2.45, 2.75) is 0 Å². The molecule has 0 atom stereocenters. The molecule has 0 aromatic heterocycles. The van der Waals surface area contributed by atoms with E-state index in [1.54, 1.807) is 0 Å². The van der Waals surface area contributed by atoms with Crippen LogP contribution in [0.2, 0.25) is 0 Å². The van der Waals surface area contributed by atoms with Crippen LogP contribution in [0.25, 0.3) is 0 Å². The largest absolute Gasteiger partial charge is 0.0623 e. The Morgan fingerprint density at radius 2 is 0.250 bits per heavy atom. The molecule has 0 bridgehead atoms. The molecule has 0 heteroatoms. The molecule has 0 saturated heterocycles. The van der Waals surface area contributed by atoms with Crippen molar-refractivity contribution in [1.29, 1.82) is 0 Å². The van der Waals surface area contributed by atoms with Crippen molar-refractivity contribution in [3.8, 4) is 0 Å². The van der Waals surface area contributed by atoms with Crippen LogP contribution >= 0.6 is 0 Å². The van der Waals surface area contributed by atoms with Crippen LogP contribution in [0.5, 0.6) is 0 Å². The molecule has 0 unspecified atom stereocenters. The predicted octanol–water partition coefficient (Wildman–Crippen LogP) is 3.34. The third kappa shape index (κ3) is 4.29. The summed E-state index contributed by atoms with van der Waals surface area (Å²) in [5, 5.41) is 0. The molecule has 0 fully saturated rings. The zero-order valence-electron chi connectivity index (χ0n) is 6.93. The minimum Gasteiger partial charge on any atom is -0.0623 e. The zero-order chi connectivity index (χ0) is 8.49. The van der Waals surface area contributed by atoms with Crippen molar-refractivity contribution in [2.24, 2.45) is 0 Å². The number of rotatable bonds is 0. The maximum Gasteiger partial charge on any atom is -0.0623 e. The van der Waals surface area contributed by atoms with E-state index in [2.05, 4.69) is 0 Å². The maximum atomic E-state index is 2.00. The number of hydrogen-bond donors (Lipinski definition) is 0. The molecule has 0 aromatic rings. The van der Waals surface area contributed by atoms with Gasteiger partial charge in [-0.05, 0) is 0 Å². The molecular weight excluding hydrogens is 144 g/mol. The first-order valence-electron chi connectivity index (χ1n) is 4.00. The lowest BCUT2D eigenvalue weighted by atomic mass is 10.3. The lowest BCUT2D eigenvalue weighted by Gasteiger charge is -1.77. The van der Waals surface area contributed by atoms with E-state index < -0.39 is 0 Å². The normalized spacial score (nSPS) is 32.0. The SMILES string of the molecule is C1=C\C=C\C=C/C=C\C=C\C=C/1. The van der Waals surface area contributed by atoms with Gasteiger partial charge < -0.3 is 0 Å². The van der Waals surface area contributed by atoms with Gasteiger partial charge in [-0.2, -0.15) is 0 Å². The van der Waals surface area contributed by atoms with Gasteiger partial charge in [0, 0.05) is 0 Å². The fourth-order valence-electron chi connectivity index (χ4n) is 0.770. The van der Waals surface area contributed by atoms with Crippen LogP contribution in [0.3, 0.4) is 0 Å². The first kappa shape index (κ1) is 8.54. The Hall–Kier alpha value is -1.56. The topological polar surface area (TPSA) is 0 Å². The van der Waals surface area contributed by atoms with Crippen molar-refractivity contribution in [3.63, 3.8) is 0 Å². The number of allylic oxidation sites excluding steroid dienone is 12. The van der Waals surface area contributed by atoms with Crippen LogP contribution in [0.1, 0.15) is 0 Å². The highest BCUT2D eigenvalue weighted by atomic mass is 13.7. The lowest BCUT2D eigenvalue weighted by molar-refractivity contribution is 1.81. The summed E-state index contributed by atoms with van der Waals surface area (Å²) in [6, 6.07) is 0. The molecule has 0 saturated carbocycles. The van der Waals surface area contributed by atoms with Crippen molar-refractivity contribution in [2.75, 3.05) is 0 Å². The summed E-state index contributed by atoms with van der Waals surface area (Å²) in [5.41, 5.74) is 0. The van der Waals surface area contributed by atoms with Crippen LogP contribution in [0, 0.1) is 0 Å². The van der Waals surface area contributed by atoms with Crippen molar-refractivity contribution < 1.29 is 0 Å². The molecule has 0 N–H and O–H groups in total. The highest BCUT2D eigenvalue weighted by molar-refractivity contribution is 5.23. The average molecular weight is 156 g/mol. The Morgan fingerprint density at radius 3 is 0.333 bits per heavy atom. The molecule has 12 heavy (non-hydrogen) atoms. The average Bonchev–Trinajstić information content (AvgIpc) is 2.05. The van der Waals surface area contributed by atoms with E-state index in [0.717, 1.165) is 0 Å². The summed E-state index contributed by atoms with van der Waals surface area (Å²) < 4.78 is 0. The minimum atomic E-state index is 2.00. The Kier molecular flexibility index (Phi) is 4.39. The quantitative estimate of drug-likeness (QED) is 0.504. The van der Waals surface area contributed by atoms with Crippen molar-refractivity contribution in [1.82, 2.24) is 0 Å². The molecule has 0 aromatic carbocycles. The third-order valence-corrected chi connectivity index (χ3v) is 1.33. The molecule has 1 aliphatic carbocycles. The van der Waals surface area contributed by atoms with E-state index in [-0.39, 0.29) is 0 Å². The maximum absolute atomic E-state index is 2.00. The van der Waals surface area contributed by atoms with Crippen LogP contribution in [0.15, 0.2) is 72.9 Å². The van der Waals surface area contributed by atoms with Gasteiger partial charge in [-0.3, -0.25) is 0 Å². The summed E-state index contributed by atoms with van der Waals surface area (Å²) in [6.45, 7) is 0. The van der Waals surface area contributed by atoms with Crippen LogP contribution in [-0.4, -0.2) is 0 Å². The van der Waals surface area contributed by atoms with E-state index >= 15 is 0 Å². The molecule has 0 amide bonds. The molecule has 60 valence electrons. The Morgan fingerprint density at radius 1 is 0.167 bits per heavy atom. The highest BCUT2D eigenvalue weighted by Gasteiger charge is 1.65. The Balaban J connectivity index is 2.67. The summed E-state index contributed by atoms with van der Waals surface area (Å²) in [7, 11) is 0. The standard InChI is InChI=1S/C12H12/c1-2-4-6-8-10-12-11-9-7-5-3-1/h1-12H/b2-1-,3-1?,4-2?,5-3-,6-4+,7-5?,8-6?,9-7+,10-8-,11-9?,12-10?,12-11-. The van der Waals surface area contributed by atoms with Crippen molar-refractivity contribution >= 4 is 0 Å². The predicted molar refractivity (Wildman–Crippen MR) is 54.8 cm³/mol. The van der Waals surface area contributed by atoms with Gasteiger partial charge in [-0.15, -0.1) is 0 Å². The van der Waals surface area contributed by atoms with Gasteiger partial charge in [0.25, 0.3) is 0 Å². The first-order chi connectivity index (χ1) is 6.00. The van der Waals surface area contributed by atoms with Gasteiger partial charge in [-0.25, -0.2) is 0 Å². The molecule has 0 aliphatic heterocycles. The second-order valence-electron chi connectivity index (χ2n) is 2.31. The van der Waals surface area contributed by atoms with E-state index in [0.29, 0.717) is 0 Å². The van der Waals surface area contributed by atoms with Gasteiger partial charge in [0.15, 0.2) is 0 Å². The summed E-state index contributed by atoms with van der Waals surface area (Å²) >= 11 is 0. The molecule has 0 radical (unpaired) electrons. The molecule has 1 aliphatic rings. The summed E-state index contributed by atoms with van der Waals surface area (Å²) in [5.74, 6) is 0. The zero-order valence-corrected chi connectivity index (χ0v) is 6.93. The second kappa shape index (κ2) is 6.17. The van der Waals surface area contributed by atoms with Crippen LogP contribution in [0.4, 0.5) is 0 Å². The van der Waals surface area contributed by atoms with Gasteiger partial charge in [0.1, 0.15) is 0 Å². The first-order valence-corrected chi connectivity index (χ1v) is 4.00. The fourth-order valence-corrected chi connectivity index (χ4v) is 0.770. The van der Waals surface area contributed by atoms with Gasteiger partial charge in [0.2, 0.25) is 0 Å². The smallest absolute Gasteiger partial charge is 0.0623 e. The second-order valence-corrected chi connectivity index (χ2v) is 2.31. The van der Waals surface area contributed by atoms with E-state index in [4.69, 9.17) is 0 Å². The van der Waals surface area contributed by atoms with E-state index in [1.165, 1.54) is 0 Å². The highest BCUT2D eigenvalue weighted by Crippen LogP contribution is 1.87.